The normalized spacial score (nSPS) is 12.7. The highest BCUT2D eigenvalue weighted by molar-refractivity contribution is 7.89. The van der Waals surface area contributed by atoms with E-state index in [0.29, 0.717) is 0 Å². The number of rotatable bonds is 7. The number of hydrogen-bond donors (Lipinski definition) is 1. The minimum Gasteiger partial charge on any atom is -0.449 e. The van der Waals surface area contributed by atoms with Gasteiger partial charge in [-0.3, -0.25) is 4.79 Å². The molecule has 0 unspecified atom stereocenters. The van der Waals surface area contributed by atoms with Crippen LogP contribution in [0.1, 0.15) is 25.8 Å². The Hall–Kier alpha value is -1.91. The molecular formula is C15H20N2O4S. The van der Waals surface area contributed by atoms with Crippen LogP contribution in [-0.4, -0.2) is 27.0 Å². The molecule has 0 aromatic heterocycles. The Morgan fingerprint density at radius 1 is 1.32 bits per heavy atom. The first-order valence-corrected chi connectivity index (χ1v) is 8.37. The van der Waals surface area contributed by atoms with E-state index in [0.717, 1.165) is 5.56 Å². The molecule has 0 aliphatic rings. The molecule has 0 heterocycles. The van der Waals surface area contributed by atoms with Crippen molar-refractivity contribution in [2.45, 2.75) is 38.1 Å². The van der Waals surface area contributed by atoms with E-state index >= 15 is 0 Å². The molecule has 0 aliphatic carbocycles. The van der Waals surface area contributed by atoms with Crippen molar-refractivity contribution in [3.8, 4) is 6.07 Å². The van der Waals surface area contributed by atoms with Gasteiger partial charge in [0, 0.05) is 0 Å². The van der Waals surface area contributed by atoms with E-state index in [9.17, 15) is 13.2 Å². The van der Waals surface area contributed by atoms with Crippen molar-refractivity contribution in [2.75, 3.05) is 6.61 Å². The Kier molecular flexibility index (Phi) is 6.53. The van der Waals surface area contributed by atoms with Gasteiger partial charge in [0.15, 0.2) is 6.61 Å². The predicted octanol–water partition coefficient (Wildman–Crippen LogP) is 1.75. The van der Waals surface area contributed by atoms with Crippen LogP contribution in [-0.2, 0) is 19.6 Å². The van der Waals surface area contributed by atoms with Crippen LogP contribution < -0.4 is 4.72 Å². The molecule has 1 aromatic rings. The van der Waals surface area contributed by atoms with Crippen LogP contribution in [0.2, 0.25) is 0 Å². The van der Waals surface area contributed by atoms with Crippen molar-refractivity contribution in [3.63, 3.8) is 0 Å². The third-order valence-electron chi connectivity index (χ3n) is 2.90. The number of ether oxygens (including phenoxy) is 1. The van der Waals surface area contributed by atoms with Crippen molar-refractivity contribution >= 4 is 16.0 Å². The van der Waals surface area contributed by atoms with Gasteiger partial charge in [-0.25, -0.2) is 8.42 Å². The molecular weight excluding hydrogens is 304 g/mol. The number of nitriles is 1. The second-order valence-electron chi connectivity index (χ2n) is 5.38. The molecule has 0 saturated heterocycles. The number of benzene rings is 1. The van der Waals surface area contributed by atoms with Crippen LogP contribution in [0.15, 0.2) is 29.2 Å². The zero-order valence-electron chi connectivity index (χ0n) is 12.9. The van der Waals surface area contributed by atoms with Gasteiger partial charge in [-0.15, -0.1) is 0 Å². The maximum absolute atomic E-state index is 12.3. The summed E-state index contributed by atoms with van der Waals surface area (Å²) in [7, 11) is -3.83. The van der Waals surface area contributed by atoms with Gasteiger partial charge < -0.3 is 4.74 Å². The molecule has 120 valence electrons. The van der Waals surface area contributed by atoms with Crippen LogP contribution >= 0.6 is 0 Å². The number of hydrogen-bond acceptors (Lipinski definition) is 5. The molecule has 0 aliphatic heterocycles. The Morgan fingerprint density at radius 3 is 2.41 bits per heavy atom. The molecule has 0 amide bonds. The van der Waals surface area contributed by atoms with E-state index in [-0.39, 0.29) is 17.2 Å². The first kappa shape index (κ1) is 18.1. The summed E-state index contributed by atoms with van der Waals surface area (Å²) in [6.45, 7) is 5.18. The number of nitrogens with one attached hydrogen (secondary N) is 1. The second kappa shape index (κ2) is 7.92. The standard InChI is InChI=1S/C15H20N2O4S/c1-11(2)10-14(15(18)21-9-8-16)17-22(19,20)13-6-4-12(3)5-7-13/h4-7,11,14,17H,9-10H2,1-3H3/t14-/m0/s1. The lowest BCUT2D eigenvalue weighted by Gasteiger charge is -2.18. The van der Waals surface area contributed by atoms with Crippen LogP contribution in [0, 0.1) is 24.2 Å². The fraction of sp³-hybridized carbons (Fsp3) is 0.467. The molecule has 1 N–H and O–H groups in total. The third-order valence-corrected chi connectivity index (χ3v) is 4.39. The van der Waals surface area contributed by atoms with Crippen LogP contribution in [0.25, 0.3) is 0 Å². The highest BCUT2D eigenvalue weighted by Gasteiger charge is 2.27. The third kappa shape index (κ3) is 5.47. The largest absolute Gasteiger partial charge is 0.449 e. The summed E-state index contributed by atoms with van der Waals surface area (Å²) >= 11 is 0. The molecule has 0 bridgehead atoms. The highest BCUT2D eigenvalue weighted by atomic mass is 32.2. The lowest BCUT2D eigenvalue weighted by atomic mass is 10.1. The summed E-state index contributed by atoms with van der Waals surface area (Å²) in [6, 6.07) is 6.99. The Labute approximate surface area is 131 Å². The Morgan fingerprint density at radius 2 is 1.91 bits per heavy atom. The van der Waals surface area contributed by atoms with Crippen molar-refractivity contribution in [1.82, 2.24) is 4.72 Å². The minimum atomic E-state index is -3.83. The number of carbonyl (C=O) groups excluding carboxylic acids is 1. The molecule has 0 spiro atoms. The molecule has 22 heavy (non-hydrogen) atoms. The summed E-state index contributed by atoms with van der Waals surface area (Å²) < 4.78 is 31.7. The van der Waals surface area contributed by atoms with E-state index in [1.54, 1.807) is 18.2 Å². The van der Waals surface area contributed by atoms with Gasteiger partial charge in [0.1, 0.15) is 12.1 Å². The van der Waals surface area contributed by atoms with Crippen molar-refractivity contribution in [2.24, 2.45) is 5.92 Å². The molecule has 7 heteroatoms. The first-order valence-electron chi connectivity index (χ1n) is 6.89. The maximum atomic E-state index is 12.3. The van der Waals surface area contributed by atoms with E-state index in [2.05, 4.69) is 4.72 Å². The monoisotopic (exact) mass is 324 g/mol. The zero-order valence-corrected chi connectivity index (χ0v) is 13.7. The number of carbonyl (C=O) groups is 1. The van der Waals surface area contributed by atoms with Crippen molar-refractivity contribution in [3.05, 3.63) is 29.8 Å². The quantitative estimate of drug-likeness (QED) is 0.771. The lowest BCUT2D eigenvalue weighted by molar-refractivity contribution is -0.144. The summed E-state index contributed by atoms with van der Waals surface area (Å²) in [5.41, 5.74) is 0.936. The minimum absolute atomic E-state index is 0.0833. The highest BCUT2D eigenvalue weighted by Crippen LogP contribution is 2.14. The summed E-state index contributed by atoms with van der Waals surface area (Å²) in [5.74, 6) is -0.661. The molecule has 0 radical (unpaired) electrons. The van der Waals surface area contributed by atoms with Gasteiger partial charge in [0.25, 0.3) is 0 Å². The average molecular weight is 324 g/mol. The number of aryl methyl sites for hydroxylation is 1. The van der Waals surface area contributed by atoms with Gasteiger partial charge in [0.05, 0.1) is 4.90 Å². The topological polar surface area (TPSA) is 96.3 Å². The van der Waals surface area contributed by atoms with Gasteiger partial charge in [-0.05, 0) is 31.4 Å². The van der Waals surface area contributed by atoms with Gasteiger partial charge in [-0.1, -0.05) is 31.5 Å². The van der Waals surface area contributed by atoms with E-state index in [1.165, 1.54) is 12.1 Å². The SMILES string of the molecule is Cc1ccc(S(=O)(=O)N[C@@H](CC(C)C)C(=O)OCC#N)cc1. The average Bonchev–Trinajstić information content (AvgIpc) is 2.43. The van der Waals surface area contributed by atoms with Crippen LogP contribution in [0.3, 0.4) is 0 Å². The molecule has 1 rings (SSSR count). The molecule has 0 fully saturated rings. The van der Waals surface area contributed by atoms with Gasteiger partial charge in [-0.2, -0.15) is 9.98 Å². The van der Waals surface area contributed by atoms with Crippen LogP contribution in [0.5, 0.6) is 0 Å². The lowest BCUT2D eigenvalue weighted by Crippen LogP contribution is -2.42. The van der Waals surface area contributed by atoms with Crippen molar-refractivity contribution < 1.29 is 17.9 Å². The molecule has 0 saturated carbocycles. The maximum Gasteiger partial charge on any atom is 0.325 e. The van der Waals surface area contributed by atoms with Gasteiger partial charge in [0.2, 0.25) is 10.0 Å². The van der Waals surface area contributed by atoms with Crippen molar-refractivity contribution in [1.29, 1.82) is 5.26 Å². The smallest absolute Gasteiger partial charge is 0.325 e. The molecule has 6 nitrogen and oxygen atoms in total. The summed E-state index contributed by atoms with van der Waals surface area (Å²) in [4.78, 5) is 12.0. The number of nitrogens with zero attached hydrogens (tertiary/aromatic N) is 1. The Bertz CT molecular complexity index is 645. The number of sulfonamides is 1. The van der Waals surface area contributed by atoms with E-state index in [4.69, 9.17) is 10.00 Å². The predicted molar refractivity (Wildman–Crippen MR) is 81.3 cm³/mol. The number of esters is 1. The van der Waals surface area contributed by atoms with Gasteiger partial charge >= 0.3 is 5.97 Å². The van der Waals surface area contributed by atoms with E-state index in [1.807, 2.05) is 20.8 Å². The summed E-state index contributed by atoms with van der Waals surface area (Å²) in [6.07, 6.45) is 0.287. The fourth-order valence-electron chi connectivity index (χ4n) is 1.84. The first-order chi connectivity index (χ1) is 10.3. The molecule has 1 aromatic carbocycles. The molecule has 1 atom stereocenters. The summed E-state index contributed by atoms with van der Waals surface area (Å²) in [5, 5.41) is 8.45. The fourth-order valence-corrected chi connectivity index (χ4v) is 3.04. The van der Waals surface area contributed by atoms with E-state index < -0.39 is 28.6 Å². The second-order valence-corrected chi connectivity index (χ2v) is 7.10. The van der Waals surface area contributed by atoms with Crippen LogP contribution in [0.4, 0.5) is 0 Å². The zero-order chi connectivity index (χ0) is 16.8. The Balaban J connectivity index is 2.94.